The maximum absolute atomic E-state index is 12.9. The summed E-state index contributed by atoms with van der Waals surface area (Å²) in [6.45, 7) is 20.3. The quantitative estimate of drug-likeness (QED) is 0.211. The molecule has 1 N–H and O–H groups in total. The zero-order chi connectivity index (χ0) is 23.3. The van der Waals surface area contributed by atoms with Crippen LogP contribution >= 0.6 is 0 Å². The van der Waals surface area contributed by atoms with Crippen molar-refractivity contribution in [2.24, 2.45) is 0 Å². The number of hydrogen-bond acceptors (Lipinski definition) is 7. The number of methoxy groups -OCH3 is 1. The highest BCUT2D eigenvalue weighted by atomic mass is 28.4. The first-order valence-electron chi connectivity index (χ1n) is 10.4. The van der Waals surface area contributed by atoms with E-state index in [-0.39, 0.29) is 30.1 Å². The number of hydrogen-bond donors (Lipinski definition) is 1. The Morgan fingerprint density at radius 1 is 1.20 bits per heavy atom. The van der Waals surface area contributed by atoms with Crippen molar-refractivity contribution in [1.29, 1.82) is 0 Å². The number of piperidine rings is 1. The lowest BCUT2D eigenvalue weighted by atomic mass is 9.96. The van der Waals surface area contributed by atoms with E-state index >= 15 is 0 Å². The molecule has 8 nitrogen and oxygen atoms in total. The molecule has 1 rings (SSSR count). The average Bonchev–Trinajstić information content (AvgIpc) is 2.59. The van der Waals surface area contributed by atoms with E-state index in [1.54, 1.807) is 26.8 Å². The molecule has 0 aromatic carbocycles. The molecule has 1 amide bonds. The van der Waals surface area contributed by atoms with E-state index in [0.29, 0.717) is 6.61 Å². The molecule has 0 aliphatic carbocycles. The first-order chi connectivity index (χ1) is 13.6. The van der Waals surface area contributed by atoms with Crippen molar-refractivity contribution in [3.8, 4) is 0 Å². The fourth-order valence-electron chi connectivity index (χ4n) is 2.86. The highest BCUT2D eigenvalue weighted by Crippen LogP contribution is 2.39. The number of nitrogens with one attached hydrogen (secondary N) is 1. The van der Waals surface area contributed by atoms with E-state index in [0.717, 1.165) is 0 Å². The van der Waals surface area contributed by atoms with Crippen LogP contribution in [0.25, 0.3) is 0 Å². The molecule has 1 saturated heterocycles. The lowest BCUT2D eigenvalue weighted by Crippen LogP contribution is -2.64. The number of likely N-dealkylation sites (tertiary alicyclic amines) is 1. The van der Waals surface area contributed by atoms with Crippen LogP contribution < -0.4 is 5.48 Å². The normalized spacial score (nSPS) is 23.1. The summed E-state index contributed by atoms with van der Waals surface area (Å²) in [5.74, 6) is -0.491. The van der Waals surface area contributed by atoms with Crippen LogP contribution in [0.3, 0.4) is 0 Å². The van der Waals surface area contributed by atoms with Gasteiger partial charge in [-0.1, -0.05) is 26.8 Å². The highest BCUT2D eigenvalue weighted by molar-refractivity contribution is 6.74. The van der Waals surface area contributed by atoms with Gasteiger partial charge in [0.2, 0.25) is 0 Å². The third-order valence-corrected chi connectivity index (χ3v) is 9.97. The third-order valence-electron chi connectivity index (χ3n) is 5.46. The molecular formula is C21H40N2O6Si. The van der Waals surface area contributed by atoms with Crippen LogP contribution in [0.15, 0.2) is 12.7 Å². The summed E-state index contributed by atoms with van der Waals surface area (Å²) in [5, 5.41) is -0.0113. The summed E-state index contributed by atoms with van der Waals surface area (Å²) < 4.78 is 17.1. The Balaban J connectivity index is 3.20. The van der Waals surface area contributed by atoms with Crippen molar-refractivity contribution in [2.75, 3.05) is 20.3 Å². The average molecular weight is 445 g/mol. The van der Waals surface area contributed by atoms with Gasteiger partial charge in [-0.2, -0.15) is 5.48 Å². The first kappa shape index (κ1) is 26.6. The van der Waals surface area contributed by atoms with Crippen LogP contribution in [-0.2, 0) is 23.5 Å². The van der Waals surface area contributed by atoms with Gasteiger partial charge in [-0.3, -0.25) is 9.74 Å². The Kier molecular flexibility index (Phi) is 9.10. The molecule has 30 heavy (non-hydrogen) atoms. The first-order valence-corrected chi connectivity index (χ1v) is 13.3. The van der Waals surface area contributed by atoms with Gasteiger partial charge >= 0.3 is 12.1 Å². The minimum Gasteiger partial charge on any atom is -0.467 e. The van der Waals surface area contributed by atoms with E-state index in [1.807, 2.05) is 0 Å². The predicted octanol–water partition coefficient (Wildman–Crippen LogP) is 3.64. The van der Waals surface area contributed by atoms with E-state index in [1.165, 1.54) is 12.0 Å². The van der Waals surface area contributed by atoms with Crippen LogP contribution in [0.2, 0.25) is 18.1 Å². The van der Waals surface area contributed by atoms with Crippen molar-refractivity contribution in [3.63, 3.8) is 0 Å². The Labute approximate surface area is 182 Å². The second-order valence-electron chi connectivity index (χ2n) is 10.1. The number of ether oxygens (including phenoxy) is 2. The number of hydroxylamine groups is 1. The van der Waals surface area contributed by atoms with Crippen LogP contribution in [-0.4, -0.2) is 69.3 Å². The Morgan fingerprint density at radius 3 is 2.27 bits per heavy atom. The largest absolute Gasteiger partial charge is 0.467 e. The molecule has 1 fully saturated rings. The fourth-order valence-corrected chi connectivity index (χ4v) is 4.23. The molecule has 1 heterocycles. The van der Waals surface area contributed by atoms with E-state index in [4.69, 9.17) is 18.7 Å². The minimum absolute atomic E-state index is 0.0113. The van der Waals surface area contributed by atoms with Gasteiger partial charge in [0.05, 0.1) is 25.9 Å². The van der Waals surface area contributed by atoms with Crippen molar-refractivity contribution >= 4 is 20.4 Å². The standard InChI is InChI=1S/C21H40N2O6Si/c1-11-12-27-22-15-14-23(19(25)28-20(2,3)4)16(18(24)26-8)13-17(15)29-30(9,10)21(5,6)7/h11,15-17,22H,1,12-14H2,2-10H3/t15-,16-,17-/m0/s1. The molecule has 0 aromatic heterocycles. The van der Waals surface area contributed by atoms with Gasteiger partial charge in [-0.15, -0.1) is 6.58 Å². The van der Waals surface area contributed by atoms with Gasteiger partial charge in [0, 0.05) is 13.0 Å². The number of amides is 1. The number of rotatable bonds is 7. The van der Waals surface area contributed by atoms with Gasteiger partial charge in [-0.25, -0.2) is 9.59 Å². The van der Waals surface area contributed by atoms with Crippen molar-refractivity contribution < 1.29 is 28.3 Å². The van der Waals surface area contributed by atoms with Gasteiger partial charge in [0.25, 0.3) is 0 Å². The summed E-state index contributed by atoms with van der Waals surface area (Å²) in [6.07, 6.45) is 1.01. The van der Waals surface area contributed by atoms with Crippen LogP contribution in [0.1, 0.15) is 48.0 Å². The molecule has 0 bridgehead atoms. The minimum atomic E-state index is -2.15. The molecule has 1 aliphatic rings. The monoisotopic (exact) mass is 444 g/mol. The number of esters is 1. The maximum Gasteiger partial charge on any atom is 0.411 e. The SMILES string of the molecule is C=CCON[C@H]1CN(C(=O)OC(C)(C)C)[C@H](C(=O)OC)C[C@@H]1O[Si](C)(C)C(C)(C)C. The Bertz CT molecular complexity index is 612. The Hall–Kier alpha value is -1.42. The summed E-state index contributed by atoms with van der Waals surface area (Å²) in [4.78, 5) is 32.3. The maximum atomic E-state index is 12.9. The zero-order valence-corrected chi connectivity index (χ0v) is 21.0. The van der Waals surface area contributed by atoms with E-state index in [9.17, 15) is 9.59 Å². The lowest BCUT2D eigenvalue weighted by Gasteiger charge is -2.47. The van der Waals surface area contributed by atoms with Crippen molar-refractivity contribution in [2.45, 2.75) is 89.9 Å². The van der Waals surface area contributed by atoms with Crippen LogP contribution in [0.4, 0.5) is 4.79 Å². The molecule has 3 atom stereocenters. The molecule has 0 unspecified atom stereocenters. The molecule has 0 spiro atoms. The second-order valence-corrected chi connectivity index (χ2v) is 14.9. The number of carbonyl (C=O) groups excluding carboxylic acids is 2. The number of nitrogens with zero attached hydrogens (tertiary/aromatic N) is 1. The summed E-state index contributed by atoms with van der Waals surface area (Å²) >= 11 is 0. The van der Waals surface area contributed by atoms with Gasteiger partial charge in [0.1, 0.15) is 11.6 Å². The van der Waals surface area contributed by atoms with E-state index < -0.39 is 32.0 Å². The van der Waals surface area contributed by atoms with Crippen LogP contribution in [0, 0.1) is 0 Å². The van der Waals surface area contributed by atoms with Gasteiger partial charge in [-0.05, 0) is 38.9 Å². The topological polar surface area (TPSA) is 86.3 Å². The molecule has 0 radical (unpaired) electrons. The van der Waals surface area contributed by atoms with Gasteiger partial charge < -0.3 is 13.9 Å². The summed E-state index contributed by atoms with van der Waals surface area (Å²) in [5.41, 5.74) is 2.31. The summed E-state index contributed by atoms with van der Waals surface area (Å²) in [7, 11) is -0.830. The zero-order valence-electron chi connectivity index (χ0n) is 20.0. The molecule has 174 valence electrons. The highest BCUT2D eigenvalue weighted by Gasteiger charge is 2.48. The molecule has 0 aromatic rings. The molecule has 0 saturated carbocycles. The van der Waals surface area contributed by atoms with Crippen LogP contribution in [0.5, 0.6) is 0 Å². The van der Waals surface area contributed by atoms with Crippen molar-refractivity contribution in [1.82, 2.24) is 10.4 Å². The lowest BCUT2D eigenvalue weighted by molar-refractivity contribution is -0.152. The second kappa shape index (κ2) is 10.3. The molecule has 9 heteroatoms. The smallest absolute Gasteiger partial charge is 0.411 e. The number of carbonyl (C=O) groups is 2. The predicted molar refractivity (Wildman–Crippen MR) is 119 cm³/mol. The summed E-state index contributed by atoms with van der Waals surface area (Å²) in [6, 6.07) is -1.13. The Morgan fingerprint density at radius 2 is 1.80 bits per heavy atom. The molecule has 1 aliphatic heterocycles. The van der Waals surface area contributed by atoms with E-state index in [2.05, 4.69) is 45.9 Å². The fraction of sp³-hybridized carbons (Fsp3) is 0.810. The molecular weight excluding hydrogens is 404 g/mol. The van der Waals surface area contributed by atoms with Crippen molar-refractivity contribution in [3.05, 3.63) is 12.7 Å². The van der Waals surface area contributed by atoms with Gasteiger partial charge in [0.15, 0.2) is 8.32 Å². The third kappa shape index (κ3) is 7.37.